The molecule has 0 aliphatic heterocycles. The number of carbonyl (C=O) groups excluding carboxylic acids is 1. The molecule has 3 nitrogen and oxygen atoms in total. The fraction of sp³-hybridized carbons (Fsp3) is 0.353. The quantitative estimate of drug-likeness (QED) is 0.827. The smallest absolute Gasteiger partial charge is 0.265 e. The predicted molar refractivity (Wildman–Crippen MR) is 95.1 cm³/mol. The van der Waals surface area contributed by atoms with E-state index in [0.717, 1.165) is 29.0 Å². The van der Waals surface area contributed by atoms with Gasteiger partial charge in [-0.3, -0.25) is 4.79 Å². The number of hydrogen-bond acceptors (Lipinski definition) is 3. The van der Waals surface area contributed by atoms with E-state index < -0.39 is 0 Å². The Morgan fingerprint density at radius 1 is 1.14 bits per heavy atom. The molecular weight excluding hydrogens is 316 g/mol. The van der Waals surface area contributed by atoms with Gasteiger partial charge in [-0.2, -0.15) is 0 Å². The molecule has 0 saturated heterocycles. The highest BCUT2D eigenvalue weighted by atomic mass is 35.5. The first kappa shape index (κ1) is 17.0. The van der Waals surface area contributed by atoms with Crippen molar-refractivity contribution >= 4 is 35.3 Å². The monoisotopic (exact) mass is 336 g/mol. The summed E-state index contributed by atoms with van der Waals surface area (Å²) in [7, 11) is 0. The molecule has 0 radical (unpaired) electrons. The lowest BCUT2D eigenvalue weighted by atomic mass is 10.1. The molecule has 1 heterocycles. The van der Waals surface area contributed by atoms with Crippen molar-refractivity contribution in [1.29, 1.82) is 0 Å². The number of fused-ring (bicyclic) bond motifs is 1. The van der Waals surface area contributed by atoms with Crippen LogP contribution in [-0.2, 0) is 19.4 Å². The van der Waals surface area contributed by atoms with Crippen LogP contribution in [-0.4, -0.2) is 5.91 Å². The van der Waals surface area contributed by atoms with Crippen LogP contribution in [0, 0.1) is 0 Å². The zero-order chi connectivity index (χ0) is 14.7. The Morgan fingerprint density at radius 2 is 1.86 bits per heavy atom. The van der Waals surface area contributed by atoms with Gasteiger partial charge in [0.2, 0.25) is 0 Å². The van der Waals surface area contributed by atoms with Crippen LogP contribution in [0.4, 0.5) is 5.69 Å². The molecule has 5 heteroatoms. The van der Waals surface area contributed by atoms with E-state index >= 15 is 0 Å². The second-order valence-corrected chi connectivity index (χ2v) is 6.61. The minimum Gasteiger partial charge on any atom is -0.326 e. The van der Waals surface area contributed by atoms with E-state index in [-0.39, 0.29) is 18.3 Å². The number of nitrogens with two attached hydrogens (primary N) is 1. The van der Waals surface area contributed by atoms with Gasteiger partial charge in [0.05, 0.1) is 4.88 Å². The Balaban J connectivity index is 0.00000176. The zero-order valence-corrected chi connectivity index (χ0v) is 14.1. The average molecular weight is 337 g/mol. The third-order valence-corrected chi connectivity index (χ3v) is 5.15. The van der Waals surface area contributed by atoms with Crippen LogP contribution < -0.4 is 11.1 Å². The van der Waals surface area contributed by atoms with Crippen LogP contribution in [0.5, 0.6) is 0 Å². The van der Waals surface area contributed by atoms with Gasteiger partial charge in [0.1, 0.15) is 0 Å². The molecule has 1 aliphatic carbocycles. The standard InChI is InChI=1S/C17H20N2OS.ClH/c18-11-12-6-8-14(9-7-12)19-17(20)16-10-13-4-2-1-3-5-15(13)21-16;/h6-10H,1-5,11,18H2,(H,19,20);1H. The molecule has 0 spiro atoms. The molecule has 2 aromatic rings. The summed E-state index contributed by atoms with van der Waals surface area (Å²) in [6, 6.07) is 9.77. The maximum atomic E-state index is 12.3. The molecule has 0 fully saturated rings. The van der Waals surface area contributed by atoms with Crippen molar-refractivity contribution in [2.45, 2.75) is 38.6 Å². The number of halogens is 1. The van der Waals surface area contributed by atoms with Crippen LogP contribution in [0.3, 0.4) is 0 Å². The van der Waals surface area contributed by atoms with Crippen LogP contribution in [0.25, 0.3) is 0 Å². The minimum atomic E-state index is -0.00595. The fourth-order valence-electron chi connectivity index (χ4n) is 2.70. The lowest BCUT2D eigenvalue weighted by Gasteiger charge is -2.04. The Kier molecular flexibility index (Phi) is 6.00. The van der Waals surface area contributed by atoms with Gasteiger partial charge in [-0.1, -0.05) is 18.6 Å². The molecule has 3 rings (SSSR count). The molecule has 0 bridgehead atoms. The normalized spacial score (nSPS) is 13.7. The van der Waals surface area contributed by atoms with Crippen molar-refractivity contribution < 1.29 is 4.79 Å². The number of nitrogens with one attached hydrogen (secondary N) is 1. The summed E-state index contributed by atoms with van der Waals surface area (Å²) in [5.74, 6) is -0.00595. The van der Waals surface area contributed by atoms with Crippen molar-refractivity contribution in [2.75, 3.05) is 5.32 Å². The number of anilines is 1. The summed E-state index contributed by atoms with van der Waals surface area (Å²) in [6.07, 6.45) is 6.03. The van der Waals surface area contributed by atoms with Crippen LogP contribution in [0.15, 0.2) is 30.3 Å². The molecule has 118 valence electrons. The number of benzene rings is 1. The Bertz CT molecular complexity index is 613. The van der Waals surface area contributed by atoms with Crippen molar-refractivity contribution in [1.82, 2.24) is 0 Å². The van der Waals surface area contributed by atoms with Crippen molar-refractivity contribution in [3.05, 3.63) is 51.2 Å². The van der Waals surface area contributed by atoms with Gasteiger partial charge < -0.3 is 11.1 Å². The first-order valence-corrected chi connectivity index (χ1v) is 8.30. The summed E-state index contributed by atoms with van der Waals surface area (Å²) >= 11 is 1.65. The number of amides is 1. The molecule has 0 unspecified atom stereocenters. The molecular formula is C17H21ClN2OS. The SMILES string of the molecule is Cl.NCc1ccc(NC(=O)c2cc3c(s2)CCCCC3)cc1. The topological polar surface area (TPSA) is 55.1 Å². The van der Waals surface area contributed by atoms with Crippen LogP contribution >= 0.6 is 23.7 Å². The first-order chi connectivity index (χ1) is 10.3. The third-order valence-electron chi connectivity index (χ3n) is 3.92. The van der Waals surface area contributed by atoms with Crippen LogP contribution in [0.2, 0.25) is 0 Å². The predicted octanol–water partition coefficient (Wildman–Crippen LogP) is 4.15. The second-order valence-electron chi connectivity index (χ2n) is 5.47. The lowest BCUT2D eigenvalue weighted by molar-refractivity contribution is 0.103. The molecule has 1 aliphatic rings. The van der Waals surface area contributed by atoms with Crippen molar-refractivity contribution in [2.24, 2.45) is 5.73 Å². The van der Waals surface area contributed by atoms with E-state index in [9.17, 15) is 4.79 Å². The highest BCUT2D eigenvalue weighted by molar-refractivity contribution is 7.14. The van der Waals surface area contributed by atoms with E-state index in [1.165, 1.54) is 29.7 Å². The molecule has 0 atom stereocenters. The van der Waals surface area contributed by atoms with Crippen molar-refractivity contribution in [3.8, 4) is 0 Å². The summed E-state index contributed by atoms with van der Waals surface area (Å²) in [4.78, 5) is 14.6. The highest BCUT2D eigenvalue weighted by Crippen LogP contribution is 2.29. The summed E-state index contributed by atoms with van der Waals surface area (Å²) in [5.41, 5.74) is 8.84. The van der Waals surface area contributed by atoms with E-state index in [1.54, 1.807) is 11.3 Å². The minimum absolute atomic E-state index is 0. The van der Waals surface area contributed by atoms with E-state index in [0.29, 0.717) is 6.54 Å². The van der Waals surface area contributed by atoms with Gasteiger partial charge in [-0.05, 0) is 55.0 Å². The van der Waals surface area contributed by atoms with Crippen LogP contribution in [0.1, 0.15) is 44.9 Å². The maximum absolute atomic E-state index is 12.3. The lowest BCUT2D eigenvalue weighted by Crippen LogP contribution is -2.10. The number of thiophene rings is 1. The van der Waals surface area contributed by atoms with E-state index in [4.69, 9.17) is 5.73 Å². The second kappa shape index (κ2) is 7.77. The van der Waals surface area contributed by atoms with Gasteiger partial charge in [0.15, 0.2) is 0 Å². The van der Waals surface area contributed by atoms with Gasteiger partial charge >= 0.3 is 0 Å². The molecule has 1 amide bonds. The largest absolute Gasteiger partial charge is 0.326 e. The first-order valence-electron chi connectivity index (χ1n) is 7.48. The molecule has 1 aromatic heterocycles. The van der Waals surface area contributed by atoms with Gasteiger partial charge in [0.25, 0.3) is 5.91 Å². The Labute approximate surface area is 141 Å². The highest BCUT2D eigenvalue weighted by Gasteiger charge is 2.16. The zero-order valence-electron chi connectivity index (χ0n) is 12.4. The van der Waals surface area contributed by atoms with Gasteiger partial charge in [-0.25, -0.2) is 0 Å². The Morgan fingerprint density at radius 3 is 2.59 bits per heavy atom. The van der Waals surface area contributed by atoms with Crippen molar-refractivity contribution in [3.63, 3.8) is 0 Å². The molecule has 0 saturated carbocycles. The molecule has 3 N–H and O–H groups in total. The fourth-order valence-corrected chi connectivity index (χ4v) is 3.85. The summed E-state index contributed by atoms with van der Waals surface area (Å²) in [5, 5.41) is 2.96. The molecule has 22 heavy (non-hydrogen) atoms. The summed E-state index contributed by atoms with van der Waals surface area (Å²) < 4.78 is 0. The number of aryl methyl sites for hydroxylation is 2. The van der Waals surface area contributed by atoms with Gasteiger partial charge in [0, 0.05) is 17.1 Å². The number of hydrogen-bond donors (Lipinski definition) is 2. The maximum Gasteiger partial charge on any atom is 0.265 e. The van der Waals surface area contributed by atoms with E-state index in [2.05, 4.69) is 11.4 Å². The average Bonchev–Trinajstić information content (AvgIpc) is 2.79. The van der Waals surface area contributed by atoms with E-state index in [1.807, 2.05) is 24.3 Å². The van der Waals surface area contributed by atoms with Gasteiger partial charge in [-0.15, -0.1) is 23.7 Å². The summed E-state index contributed by atoms with van der Waals surface area (Å²) in [6.45, 7) is 0.520. The third kappa shape index (κ3) is 3.88. The Hall–Kier alpha value is -1.36. The number of carbonyl (C=O) groups is 1. The molecule has 1 aromatic carbocycles. The number of rotatable bonds is 3.